The molecule has 0 bridgehead atoms. The smallest absolute Gasteiger partial charge is 0.293 e. The van der Waals surface area contributed by atoms with E-state index in [9.17, 15) is 14.9 Å². The first-order valence-corrected chi connectivity index (χ1v) is 9.74. The highest BCUT2D eigenvalue weighted by Crippen LogP contribution is 2.27. The van der Waals surface area contributed by atoms with Gasteiger partial charge in [-0.3, -0.25) is 14.9 Å². The second kappa shape index (κ2) is 9.76. The Balaban J connectivity index is 1.85. The van der Waals surface area contributed by atoms with Gasteiger partial charge in [0.15, 0.2) is 0 Å². The molecule has 0 aliphatic rings. The number of nitro groups is 1. The predicted octanol–water partition coefficient (Wildman–Crippen LogP) is 3.63. The molecule has 9 heteroatoms. The third kappa shape index (κ3) is 5.15. The number of nitrogens with zero attached hydrogens (tertiary/aromatic N) is 2. The van der Waals surface area contributed by atoms with E-state index in [1.54, 1.807) is 19.4 Å². The van der Waals surface area contributed by atoms with Crippen molar-refractivity contribution in [2.24, 2.45) is 0 Å². The topological polar surface area (TPSA) is 106 Å². The zero-order valence-corrected chi connectivity index (χ0v) is 16.5. The summed E-state index contributed by atoms with van der Waals surface area (Å²) in [5.41, 5.74) is 1.25. The van der Waals surface area contributed by atoms with Crippen LogP contribution in [-0.2, 0) is 4.74 Å². The Kier molecular flexibility index (Phi) is 6.88. The molecule has 0 aliphatic heterocycles. The third-order valence-corrected chi connectivity index (χ3v) is 5.03. The van der Waals surface area contributed by atoms with Gasteiger partial charge in [0, 0.05) is 36.9 Å². The number of amides is 1. The van der Waals surface area contributed by atoms with Gasteiger partial charge in [0.2, 0.25) is 0 Å². The molecular formula is C20H20N4O4S. The lowest BCUT2D eigenvalue weighted by Crippen LogP contribution is -2.29. The molecule has 0 radical (unpaired) electrons. The number of hydrogen-bond acceptors (Lipinski definition) is 7. The minimum absolute atomic E-state index is 0.167. The number of rotatable bonds is 9. The van der Waals surface area contributed by atoms with Gasteiger partial charge in [-0.15, -0.1) is 11.3 Å². The average Bonchev–Trinajstić information content (AvgIpc) is 3.27. The van der Waals surface area contributed by atoms with Crippen LogP contribution in [0.5, 0.6) is 0 Å². The van der Waals surface area contributed by atoms with Gasteiger partial charge in [-0.2, -0.15) is 0 Å². The van der Waals surface area contributed by atoms with E-state index in [1.165, 1.54) is 23.5 Å². The van der Waals surface area contributed by atoms with Crippen LogP contribution >= 0.6 is 11.3 Å². The van der Waals surface area contributed by atoms with E-state index in [1.807, 2.05) is 35.7 Å². The number of hydrogen-bond donors (Lipinski definition) is 2. The fourth-order valence-electron chi connectivity index (χ4n) is 2.79. The average molecular weight is 412 g/mol. The first kappa shape index (κ1) is 20.4. The van der Waals surface area contributed by atoms with Crippen LogP contribution in [0.25, 0.3) is 0 Å². The summed E-state index contributed by atoms with van der Waals surface area (Å²) < 4.78 is 4.95. The molecule has 2 aromatic carbocycles. The number of nitrogens with one attached hydrogen (secondary N) is 2. The van der Waals surface area contributed by atoms with E-state index in [4.69, 9.17) is 4.74 Å². The normalized spacial score (nSPS) is 11.6. The summed E-state index contributed by atoms with van der Waals surface area (Å²) in [5.74, 6) is -0.416. The zero-order chi connectivity index (χ0) is 20.6. The predicted molar refractivity (Wildman–Crippen MR) is 111 cm³/mol. The Hall–Kier alpha value is -3.30. The fraction of sp³-hybridized carbons (Fsp3) is 0.200. The highest BCUT2D eigenvalue weighted by molar-refractivity contribution is 7.09. The molecule has 0 saturated heterocycles. The minimum Gasteiger partial charge on any atom is -0.383 e. The number of aromatic nitrogens is 1. The molecule has 3 rings (SSSR count). The SMILES string of the molecule is COCCNc1ccc(C(=O)NC(c2ccccc2)c2nccs2)cc1[N+](=O)[O-]. The molecule has 0 spiro atoms. The number of carbonyl (C=O) groups is 1. The lowest BCUT2D eigenvalue weighted by atomic mass is 10.1. The van der Waals surface area contributed by atoms with Crippen molar-refractivity contribution < 1.29 is 14.5 Å². The molecule has 1 amide bonds. The number of benzene rings is 2. The van der Waals surface area contributed by atoms with Crippen molar-refractivity contribution in [3.05, 3.63) is 86.4 Å². The Morgan fingerprint density at radius 2 is 2.07 bits per heavy atom. The highest BCUT2D eigenvalue weighted by Gasteiger charge is 2.22. The summed E-state index contributed by atoms with van der Waals surface area (Å²) in [5, 5.41) is 19.9. The molecule has 1 unspecified atom stereocenters. The molecule has 0 aliphatic carbocycles. The van der Waals surface area contributed by atoms with Gasteiger partial charge in [0.1, 0.15) is 16.7 Å². The fourth-order valence-corrected chi connectivity index (χ4v) is 3.50. The molecule has 1 aromatic heterocycles. The molecule has 1 heterocycles. The van der Waals surface area contributed by atoms with Crippen molar-refractivity contribution in [2.45, 2.75) is 6.04 Å². The van der Waals surface area contributed by atoms with E-state index in [2.05, 4.69) is 15.6 Å². The Morgan fingerprint density at radius 1 is 1.28 bits per heavy atom. The van der Waals surface area contributed by atoms with Crippen molar-refractivity contribution in [3.63, 3.8) is 0 Å². The largest absolute Gasteiger partial charge is 0.383 e. The highest BCUT2D eigenvalue weighted by atomic mass is 32.1. The summed E-state index contributed by atoms with van der Waals surface area (Å²) in [7, 11) is 1.55. The van der Waals surface area contributed by atoms with E-state index in [0.29, 0.717) is 18.8 Å². The molecule has 8 nitrogen and oxygen atoms in total. The van der Waals surface area contributed by atoms with Crippen LogP contribution in [0.3, 0.4) is 0 Å². The second-order valence-corrected chi connectivity index (χ2v) is 7.02. The number of anilines is 1. The molecule has 1 atom stereocenters. The number of ether oxygens (including phenoxy) is 1. The van der Waals surface area contributed by atoms with Crippen LogP contribution in [0.4, 0.5) is 11.4 Å². The Bertz CT molecular complexity index is 964. The zero-order valence-electron chi connectivity index (χ0n) is 15.7. The Morgan fingerprint density at radius 3 is 2.72 bits per heavy atom. The van der Waals surface area contributed by atoms with Crippen molar-refractivity contribution in [1.82, 2.24) is 10.3 Å². The van der Waals surface area contributed by atoms with Crippen molar-refractivity contribution >= 4 is 28.6 Å². The molecule has 150 valence electrons. The van der Waals surface area contributed by atoms with Gasteiger partial charge in [-0.25, -0.2) is 4.98 Å². The van der Waals surface area contributed by atoms with E-state index in [0.717, 1.165) is 10.6 Å². The second-order valence-electron chi connectivity index (χ2n) is 6.10. The first-order chi connectivity index (χ1) is 14.1. The quantitative estimate of drug-likeness (QED) is 0.316. The third-order valence-electron chi connectivity index (χ3n) is 4.18. The maximum absolute atomic E-state index is 12.9. The van der Waals surface area contributed by atoms with Gasteiger partial charge >= 0.3 is 0 Å². The molecule has 0 saturated carbocycles. The van der Waals surface area contributed by atoms with Crippen LogP contribution in [0, 0.1) is 10.1 Å². The summed E-state index contributed by atoms with van der Waals surface area (Å²) in [6.45, 7) is 0.828. The van der Waals surface area contributed by atoms with Crippen LogP contribution < -0.4 is 10.6 Å². The first-order valence-electron chi connectivity index (χ1n) is 8.86. The van der Waals surface area contributed by atoms with Crippen LogP contribution in [0.1, 0.15) is 27.0 Å². The summed E-state index contributed by atoms with van der Waals surface area (Å²) in [6.07, 6.45) is 1.67. The van der Waals surface area contributed by atoms with Gasteiger partial charge in [0.05, 0.1) is 11.5 Å². The van der Waals surface area contributed by atoms with Crippen LogP contribution in [-0.4, -0.2) is 36.1 Å². The molecule has 2 N–H and O–H groups in total. The van der Waals surface area contributed by atoms with Crippen molar-refractivity contribution in [1.29, 1.82) is 0 Å². The molecule has 3 aromatic rings. The van der Waals surface area contributed by atoms with Gasteiger partial charge in [0.25, 0.3) is 11.6 Å². The standard InChI is InChI=1S/C20H20N4O4S/c1-28-11-9-21-16-8-7-15(13-17(16)24(26)27)19(25)23-18(20-22-10-12-29-20)14-5-3-2-4-6-14/h2-8,10,12-13,18,21H,9,11H2,1H3,(H,23,25). The van der Waals surface area contributed by atoms with Crippen LogP contribution in [0.15, 0.2) is 60.1 Å². The van der Waals surface area contributed by atoms with Crippen molar-refractivity contribution in [2.75, 3.05) is 25.6 Å². The van der Waals surface area contributed by atoms with E-state index < -0.39 is 16.9 Å². The monoisotopic (exact) mass is 412 g/mol. The van der Waals surface area contributed by atoms with Gasteiger partial charge in [-0.1, -0.05) is 30.3 Å². The molecule has 29 heavy (non-hydrogen) atoms. The molecule has 0 fully saturated rings. The number of thiazole rings is 1. The van der Waals surface area contributed by atoms with Crippen molar-refractivity contribution in [3.8, 4) is 0 Å². The lowest BCUT2D eigenvalue weighted by Gasteiger charge is -2.17. The van der Waals surface area contributed by atoms with E-state index in [-0.39, 0.29) is 11.3 Å². The van der Waals surface area contributed by atoms with E-state index >= 15 is 0 Å². The number of nitro benzene ring substituents is 1. The lowest BCUT2D eigenvalue weighted by molar-refractivity contribution is -0.384. The number of methoxy groups -OCH3 is 1. The number of carbonyl (C=O) groups excluding carboxylic acids is 1. The maximum Gasteiger partial charge on any atom is 0.293 e. The summed E-state index contributed by atoms with van der Waals surface area (Å²) >= 11 is 1.43. The van der Waals surface area contributed by atoms with Gasteiger partial charge < -0.3 is 15.4 Å². The summed E-state index contributed by atoms with van der Waals surface area (Å²) in [6, 6.07) is 13.4. The van der Waals surface area contributed by atoms with Gasteiger partial charge in [-0.05, 0) is 17.7 Å². The molecular weight excluding hydrogens is 392 g/mol. The van der Waals surface area contributed by atoms with Crippen LogP contribution in [0.2, 0.25) is 0 Å². The maximum atomic E-state index is 12.9. The summed E-state index contributed by atoms with van der Waals surface area (Å²) in [4.78, 5) is 28.1. The minimum atomic E-state index is -0.512. The Labute approximate surface area is 171 Å².